The topological polar surface area (TPSA) is 33.1 Å². The van der Waals surface area contributed by atoms with Gasteiger partial charge in [0.1, 0.15) is 4.60 Å². The molecule has 1 atom stereocenters. The van der Waals surface area contributed by atoms with Crippen molar-refractivity contribution in [1.82, 2.24) is 4.98 Å². The zero-order chi connectivity index (χ0) is 10.7. The van der Waals surface area contributed by atoms with E-state index < -0.39 is 0 Å². The molecule has 0 saturated heterocycles. The molecule has 2 nitrogen and oxygen atoms in total. The quantitative estimate of drug-likeness (QED) is 0.834. The number of aliphatic hydroxyl groups is 1. The van der Waals surface area contributed by atoms with Gasteiger partial charge in [0.15, 0.2) is 0 Å². The van der Waals surface area contributed by atoms with Gasteiger partial charge in [0.05, 0.1) is 17.7 Å². The highest BCUT2D eigenvalue weighted by molar-refractivity contribution is 9.10. The Hall–Kier alpha value is -0.930. The molecule has 3 heteroatoms. The monoisotopic (exact) mass is 265 g/mol. The summed E-state index contributed by atoms with van der Waals surface area (Å²) in [6, 6.07) is 5.78. The zero-order valence-electron chi connectivity index (χ0n) is 8.23. The van der Waals surface area contributed by atoms with Crippen LogP contribution in [0.4, 0.5) is 0 Å². The van der Waals surface area contributed by atoms with E-state index in [-0.39, 0.29) is 12.0 Å². The maximum Gasteiger partial charge on any atom is 0.106 e. The fraction of sp³-hybridized carbons (Fsp3) is 0.250. The van der Waals surface area contributed by atoms with Gasteiger partial charge in [-0.05, 0) is 34.5 Å². The molecule has 78 valence electrons. The highest BCUT2D eigenvalue weighted by Gasteiger charge is 2.30. The van der Waals surface area contributed by atoms with Crippen molar-refractivity contribution in [1.29, 1.82) is 0 Å². The van der Waals surface area contributed by atoms with Crippen LogP contribution in [0.25, 0.3) is 0 Å². The van der Waals surface area contributed by atoms with Crippen molar-refractivity contribution < 1.29 is 5.11 Å². The summed E-state index contributed by atoms with van der Waals surface area (Å²) < 4.78 is 0.802. The second kappa shape index (κ2) is 4.29. The van der Waals surface area contributed by atoms with Gasteiger partial charge in [-0.25, -0.2) is 4.98 Å². The van der Waals surface area contributed by atoms with E-state index in [4.69, 9.17) is 0 Å². The minimum atomic E-state index is -0.349. The van der Waals surface area contributed by atoms with E-state index >= 15 is 0 Å². The van der Waals surface area contributed by atoms with E-state index in [2.05, 4.69) is 27.0 Å². The van der Waals surface area contributed by atoms with E-state index in [1.807, 2.05) is 36.4 Å². The van der Waals surface area contributed by atoms with Crippen LogP contribution in [0.3, 0.4) is 0 Å². The Labute approximate surface area is 97.5 Å². The second-order valence-electron chi connectivity index (χ2n) is 3.65. The van der Waals surface area contributed by atoms with E-state index in [0.717, 1.165) is 16.7 Å². The van der Waals surface area contributed by atoms with Crippen LogP contribution in [0, 0.1) is 0 Å². The number of allylic oxidation sites excluding steroid dienone is 3. The van der Waals surface area contributed by atoms with Gasteiger partial charge in [-0.3, -0.25) is 0 Å². The minimum Gasteiger partial charge on any atom is -0.395 e. The van der Waals surface area contributed by atoms with Crippen LogP contribution in [-0.2, 0) is 5.41 Å². The zero-order valence-corrected chi connectivity index (χ0v) is 9.81. The lowest BCUT2D eigenvalue weighted by atomic mass is 9.79. The van der Waals surface area contributed by atoms with E-state index in [9.17, 15) is 5.11 Å². The first-order chi connectivity index (χ1) is 7.27. The Kier molecular flexibility index (Phi) is 3.03. The standard InChI is InChI=1S/C12H12BrNO/c13-11-6-4-5-10(14-11)12(9-15)7-2-1-3-8-12/h1-7,15H,8-9H2. The summed E-state index contributed by atoms with van der Waals surface area (Å²) >= 11 is 3.35. The number of aromatic nitrogens is 1. The molecule has 0 radical (unpaired) electrons. The summed E-state index contributed by atoms with van der Waals surface area (Å²) in [5.41, 5.74) is 0.554. The van der Waals surface area contributed by atoms with Gasteiger partial charge in [0, 0.05) is 0 Å². The molecular weight excluding hydrogens is 254 g/mol. The van der Waals surface area contributed by atoms with Crippen LogP contribution >= 0.6 is 15.9 Å². The molecule has 1 heterocycles. The summed E-state index contributed by atoms with van der Waals surface area (Å²) in [4.78, 5) is 4.41. The van der Waals surface area contributed by atoms with Gasteiger partial charge in [-0.2, -0.15) is 0 Å². The van der Waals surface area contributed by atoms with E-state index in [1.54, 1.807) is 0 Å². The first-order valence-electron chi connectivity index (χ1n) is 4.85. The molecule has 0 fully saturated rings. The van der Waals surface area contributed by atoms with Gasteiger partial charge in [0.25, 0.3) is 0 Å². The molecule has 1 aromatic rings. The number of aliphatic hydroxyl groups excluding tert-OH is 1. The highest BCUT2D eigenvalue weighted by Crippen LogP contribution is 2.31. The third-order valence-electron chi connectivity index (χ3n) is 2.65. The largest absolute Gasteiger partial charge is 0.395 e. The molecule has 0 amide bonds. The molecule has 1 aliphatic carbocycles. The Morgan fingerprint density at radius 3 is 2.87 bits per heavy atom. The van der Waals surface area contributed by atoms with Crippen LogP contribution in [0.15, 0.2) is 47.1 Å². The fourth-order valence-corrected chi connectivity index (χ4v) is 2.08. The maximum absolute atomic E-state index is 9.55. The molecule has 0 aliphatic heterocycles. The van der Waals surface area contributed by atoms with Crippen LogP contribution in [0.1, 0.15) is 12.1 Å². The van der Waals surface area contributed by atoms with Gasteiger partial charge >= 0.3 is 0 Å². The third kappa shape index (κ3) is 2.03. The third-order valence-corrected chi connectivity index (χ3v) is 3.09. The minimum absolute atomic E-state index is 0.0806. The van der Waals surface area contributed by atoms with E-state index in [0.29, 0.717) is 0 Å². The predicted octanol–water partition coefficient (Wildman–Crippen LogP) is 2.59. The van der Waals surface area contributed by atoms with E-state index in [1.165, 1.54) is 0 Å². The first-order valence-corrected chi connectivity index (χ1v) is 5.64. The molecule has 0 bridgehead atoms. The lowest BCUT2D eigenvalue weighted by molar-refractivity contribution is 0.222. The number of nitrogens with zero attached hydrogens (tertiary/aromatic N) is 1. The van der Waals surface area contributed by atoms with Gasteiger partial charge < -0.3 is 5.11 Å². The maximum atomic E-state index is 9.55. The highest BCUT2D eigenvalue weighted by atomic mass is 79.9. The Balaban J connectivity index is 2.42. The van der Waals surface area contributed by atoms with Crippen LogP contribution < -0.4 is 0 Å². The molecule has 1 aliphatic rings. The van der Waals surface area contributed by atoms with Gasteiger partial charge in [0.2, 0.25) is 0 Å². The summed E-state index contributed by atoms with van der Waals surface area (Å²) in [5.74, 6) is 0. The van der Waals surface area contributed by atoms with Crippen molar-refractivity contribution in [2.24, 2.45) is 0 Å². The molecule has 15 heavy (non-hydrogen) atoms. The number of hydrogen-bond acceptors (Lipinski definition) is 2. The lowest BCUT2D eigenvalue weighted by Crippen LogP contribution is -2.29. The SMILES string of the molecule is OCC1(c2cccc(Br)n2)C=CC=CC1. The van der Waals surface area contributed by atoms with Crippen LogP contribution in [-0.4, -0.2) is 16.7 Å². The molecule has 1 aromatic heterocycles. The summed E-state index contributed by atoms with van der Waals surface area (Å²) in [7, 11) is 0. The van der Waals surface area contributed by atoms with Crippen molar-refractivity contribution in [2.45, 2.75) is 11.8 Å². The van der Waals surface area contributed by atoms with Crippen molar-refractivity contribution in [3.8, 4) is 0 Å². The number of hydrogen-bond donors (Lipinski definition) is 1. The Morgan fingerprint density at radius 1 is 1.40 bits per heavy atom. The van der Waals surface area contributed by atoms with Crippen molar-refractivity contribution >= 4 is 15.9 Å². The first kappa shape index (κ1) is 10.6. The normalized spacial score (nSPS) is 24.4. The number of halogens is 1. The van der Waals surface area contributed by atoms with Crippen LogP contribution in [0.2, 0.25) is 0 Å². The summed E-state index contributed by atoms with van der Waals surface area (Å²) in [6.07, 6.45) is 8.82. The lowest BCUT2D eigenvalue weighted by Gasteiger charge is -2.28. The molecular formula is C12H12BrNO. The summed E-state index contributed by atoms with van der Waals surface area (Å²) in [5, 5.41) is 9.55. The van der Waals surface area contributed by atoms with Gasteiger partial charge in [-0.15, -0.1) is 0 Å². The molecule has 1 N–H and O–H groups in total. The van der Waals surface area contributed by atoms with Crippen molar-refractivity contribution in [2.75, 3.05) is 6.61 Å². The number of rotatable bonds is 2. The molecule has 0 aromatic carbocycles. The molecule has 0 spiro atoms. The van der Waals surface area contributed by atoms with Crippen molar-refractivity contribution in [3.63, 3.8) is 0 Å². The Morgan fingerprint density at radius 2 is 2.27 bits per heavy atom. The molecule has 2 rings (SSSR count). The Bertz CT molecular complexity index is 414. The number of pyridine rings is 1. The average molecular weight is 266 g/mol. The van der Waals surface area contributed by atoms with Gasteiger partial charge in [-0.1, -0.05) is 30.4 Å². The van der Waals surface area contributed by atoms with Crippen LogP contribution in [0.5, 0.6) is 0 Å². The average Bonchev–Trinajstić information content (AvgIpc) is 2.30. The predicted molar refractivity (Wildman–Crippen MR) is 63.6 cm³/mol. The molecule has 1 unspecified atom stereocenters. The summed E-state index contributed by atoms with van der Waals surface area (Å²) in [6.45, 7) is 0.0806. The molecule has 0 saturated carbocycles. The smallest absolute Gasteiger partial charge is 0.106 e. The van der Waals surface area contributed by atoms with Crippen molar-refractivity contribution in [3.05, 3.63) is 52.8 Å². The second-order valence-corrected chi connectivity index (χ2v) is 4.46. The fourth-order valence-electron chi connectivity index (χ4n) is 1.74.